The molecule has 1 fully saturated rings. The van der Waals surface area contributed by atoms with Gasteiger partial charge in [-0.05, 0) is 32.9 Å². The van der Waals surface area contributed by atoms with Crippen molar-refractivity contribution < 1.29 is 0 Å². The van der Waals surface area contributed by atoms with Gasteiger partial charge in [-0.15, -0.1) is 0 Å². The zero-order chi connectivity index (χ0) is 12.5. The van der Waals surface area contributed by atoms with E-state index in [2.05, 4.69) is 31.0 Å². The molecule has 0 aromatic heterocycles. The summed E-state index contributed by atoms with van der Waals surface area (Å²) in [5.41, 5.74) is 0. The van der Waals surface area contributed by atoms with Gasteiger partial charge in [-0.3, -0.25) is 4.90 Å². The first-order valence-corrected chi connectivity index (χ1v) is 7.76. The smallest absolute Gasteiger partial charge is 0.0235 e. The molecule has 0 bridgehead atoms. The molecule has 1 heterocycles. The minimum atomic E-state index is 0.770. The van der Waals surface area contributed by atoms with E-state index in [9.17, 15) is 0 Å². The fraction of sp³-hybridized carbons (Fsp3) is 1.00. The zero-order valence-corrected chi connectivity index (χ0v) is 12.2. The summed E-state index contributed by atoms with van der Waals surface area (Å²) in [6.45, 7) is 10.6. The summed E-state index contributed by atoms with van der Waals surface area (Å²) in [6.07, 6.45) is 9.77. The van der Waals surface area contributed by atoms with Gasteiger partial charge in [0, 0.05) is 18.6 Å². The summed E-state index contributed by atoms with van der Waals surface area (Å²) in [5.74, 6) is 0. The van der Waals surface area contributed by atoms with Crippen LogP contribution in [0.4, 0.5) is 0 Å². The topological polar surface area (TPSA) is 15.3 Å². The molecule has 2 nitrogen and oxygen atoms in total. The predicted octanol–water partition coefficient (Wildman–Crippen LogP) is 3.42. The molecular formula is C15H32N2. The summed E-state index contributed by atoms with van der Waals surface area (Å²) < 4.78 is 0. The molecular weight excluding hydrogens is 208 g/mol. The Balaban J connectivity index is 2.16. The zero-order valence-electron chi connectivity index (χ0n) is 12.2. The summed E-state index contributed by atoms with van der Waals surface area (Å²) in [7, 11) is 0. The predicted molar refractivity (Wildman–Crippen MR) is 76.5 cm³/mol. The largest absolute Gasteiger partial charge is 0.315 e. The van der Waals surface area contributed by atoms with Crippen LogP contribution in [0.2, 0.25) is 0 Å². The van der Waals surface area contributed by atoms with Gasteiger partial charge in [0.1, 0.15) is 0 Å². The molecule has 1 aliphatic heterocycles. The first kappa shape index (κ1) is 15.0. The van der Waals surface area contributed by atoms with Crippen molar-refractivity contribution in [3.63, 3.8) is 0 Å². The fourth-order valence-corrected chi connectivity index (χ4v) is 3.06. The molecule has 0 spiro atoms. The summed E-state index contributed by atoms with van der Waals surface area (Å²) in [4.78, 5) is 2.71. The molecule has 1 N–H and O–H groups in total. The van der Waals surface area contributed by atoms with E-state index in [1.807, 2.05) is 0 Å². The van der Waals surface area contributed by atoms with Crippen molar-refractivity contribution in [3.8, 4) is 0 Å². The highest BCUT2D eigenvalue weighted by atomic mass is 15.2. The molecule has 1 saturated heterocycles. The van der Waals surface area contributed by atoms with Crippen LogP contribution in [0.5, 0.6) is 0 Å². The van der Waals surface area contributed by atoms with Crippen molar-refractivity contribution in [2.75, 3.05) is 19.6 Å². The standard InChI is InChI=1S/C15H32N2/c1-4-6-7-8-9-10-14(3)17(5-2)15-11-12-16-13-15/h14-16H,4-13H2,1-3H3. The maximum Gasteiger partial charge on any atom is 0.0235 e. The van der Waals surface area contributed by atoms with E-state index in [1.165, 1.54) is 64.6 Å². The van der Waals surface area contributed by atoms with Crippen molar-refractivity contribution in [2.24, 2.45) is 0 Å². The molecule has 0 amide bonds. The molecule has 17 heavy (non-hydrogen) atoms. The third kappa shape index (κ3) is 5.39. The minimum absolute atomic E-state index is 0.770. The molecule has 0 aromatic carbocycles. The van der Waals surface area contributed by atoms with E-state index in [-0.39, 0.29) is 0 Å². The van der Waals surface area contributed by atoms with Crippen molar-refractivity contribution in [3.05, 3.63) is 0 Å². The average Bonchev–Trinajstić information content (AvgIpc) is 2.83. The first-order valence-electron chi connectivity index (χ1n) is 7.76. The maximum atomic E-state index is 3.48. The lowest BCUT2D eigenvalue weighted by Crippen LogP contribution is -2.42. The molecule has 2 unspecified atom stereocenters. The Bertz CT molecular complexity index is 176. The molecule has 1 rings (SSSR count). The lowest BCUT2D eigenvalue weighted by molar-refractivity contribution is 0.152. The van der Waals surface area contributed by atoms with Crippen LogP contribution in [0.3, 0.4) is 0 Å². The third-order valence-electron chi connectivity index (χ3n) is 4.16. The van der Waals surface area contributed by atoms with Crippen LogP contribution in [0, 0.1) is 0 Å². The second-order valence-corrected chi connectivity index (χ2v) is 5.53. The average molecular weight is 240 g/mol. The van der Waals surface area contributed by atoms with E-state index < -0.39 is 0 Å². The Morgan fingerprint density at radius 2 is 1.94 bits per heavy atom. The van der Waals surface area contributed by atoms with Crippen LogP contribution in [-0.4, -0.2) is 36.6 Å². The van der Waals surface area contributed by atoms with Crippen molar-refractivity contribution in [1.29, 1.82) is 0 Å². The van der Waals surface area contributed by atoms with Crippen LogP contribution < -0.4 is 5.32 Å². The van der Waals surface area contributed by atoms with Gasteiger partial charge >= 0.3 is 0 Å². The minimum Gasteiger partial charge on any atom is -0.315 e. The number of nitrogens with zero attached hydrogens (tertiary/aromatic N) is 1. The van der Waals surface area contributed by atoms with Crippen LogP contribution in [0.25, 0.3) is 0 Å². The Kier molecular flexibility index (Phi) is 7.87. The van der Waals surface area contributed by atoms with Gasteiger partial charge in [0.15, 0.2) is 0 Å². The van der Waals surface area contributed by atoms with Gasteiger partial charge in [-0.2, -0.15) is 0 Å². The fourth-order valence-electron chi connectivity index (χ4n) is 3.06. The Hall–Kier alpha value is -0.0800. The quantitative estimate of drug-likeness (QED) is 0.621. The van der Waals surface area contributed by atoms with E-state index in [0.717, 1.165) is 12.1 Å². The van der Waals surface area contributed by atoms with Gasteiger partial charge in [-0.25, -0.2) is 0 Å². The molecule has 0 aromatic rings. The monoisotopic (exact) mass is 240 g/mol. The van der Waals surface area contributed by atoms with E-state index in [0.29, 0.717) is 0 Å². The SMILES string of the molecule is CCCCCCCC(C)N(CC)C1CCNC1. The summed E-state index contributed by atoms with van der Waals surface area (Å²) in [6, 6.07) is 1.57. The van der Waals surface area contributed by atoms with Gasteiger partial charge in [0.25, 0.3) is 0 Å². The second-order valence-electron chi connectivity index (χ2n) is 5.53. The number of likely N-dealkylation sites (N-methyl/N-ethyl adjacent to an activating group) is 1. The number of hydrogen-bond donors (Lipinski definition) is 1. The summed E-state index contributed by atoms with van der Waals surface area (Å²) >= 11 is 0. The highest BCUT2D eigenvalue weighted by molar-refractivity contribution is 4.83. The van der Waals surface area contributed by atoms with Crippen LogP contribution >= 0.6 is 0 Å². The van der Waals surface area contributed by atoms with Gasteiger partial charge in [0.2, 0.25) is 0 Å². The van der Waals surface area contributed by atoms with Crippen molar-refractivity contribution >= 4 is 0 Å². The Morgan fingerprint density at radius 3 is 2.53 bits per heavy atom. The third-order valence-corrected chi connectivity index (χ3v) is 4.16. The van der Waals surface area contributed by atoms with Crippen LogP contribution in [-0.2, 0) is 0 Å². The van der Waals surface area contributed by atoms with Crippen molar-refractivity contribution in [2.45, 2.75) is 77.8 Å². The summed E-state index contributed by atoms with van der Waals surface area (Å²) in [5, 5.41) is 3.48. The molecule has 2 atom stereocenters. The molecule has 102 valence electrons. The van der Waals surface area contributed by atoms with E-state index in [4.69, 9.17) is 0 Å². The van der Waals surface area contributed by atoms with Gasteiger partial charge in [0.05, 0.1) is 0 Å². The van der Waals surface area contributed by atoms with E-state index in [1.54, 1.807) is 0 Å². The highest BCUT2D eigenvalue weighted by Gasteiger charge is 2.24. The molecule has 2 heteroatoms. The number of nitrogens with one attached hydrogen (secondary N) is 1. The van der Waals surface area contributed by atoms with Gasteiger partial charge in [-0.1, -0.05) is 46.0 Å². The molecule has 0 saturated carbocycles. The normalized spacial score (nSPS) is 22.2. The Morgan fingerprint density at radius 1 is 1.18 bits per heavy atom. The second kappa shape index (κ2) is 8.93. The number of hydrogen-bond acceptors (Lipinski definition) is 2. The van der Waals surface area contributed by atoms with Crippen LogP contribution in [0.15, 0.2) is 0 Å². The lowest BCUT2D eigenvalue weighted by Gasteiger charge is -2.33. The molecule has 0 radical (unpaired) electrons. The lowest BCUT2D eigenvalue weighted by atomic mass is 10.0. The Labute approximate surface area is 108 Å². The van der Waals surface area contributed by atoms with Crippen molar-refractivity contribution in [1.82, 2.24) is 10.2 Å². The number of unbranched alkanes of at least 4 members (excludes halogenated alkanes) is 4. The van der Waals surface area contributed by atoms with Gasteiger partial charge < -0.3 is 5.32 Å². The highest BCUT2D eigenvalue weighted by Crippen LogP contribution is 2.17. The van der Waals surface area contributed by atoms with E-state index >= 15 is 0 Å². The maximum absolute atomic E-state index is 3.48. The number of rotatable bonds is 9. The molecule has 1 aliphatic rings. The molecule has 0 aliphatic carbocycles. The van der Waals surface area contributed by atoms with Crippen LogP contribution in [0.1, 0.15) is 65.7 Å². The first-order chi connectivity index (χ1) is 8.29.